The Morgan fingerprint density at radius 1 is 1.04 bits per heavy atom. The number of benzene rings is 2. The molecule has 0 saturated heterocycles. The van der Waals surface area contributed by atoms with E-state index >= 15 is 0 Å². The molecule has 126 valence electrons. The van der Waals surface area contributed by atoms with Crippen LogP contribution >= 0.6 is 11.6 Å². The van der Waals surface area contributed by atoms with E-state index in [0.29, 0.717) is 27.8 Å². The van der Waals surface area contributed by atoms with Crippen LogP contribution in [0.4, 0.5) is 23.1 Å². The molecule has 3 rings (SSSR count). The second kappa shape index (κ2) is 7.59. The first-order valence-electron chi connectivity index (χ1n) is 7.33. The Morgan fingerprint density at radius 3 is 2.52 bits per heavy atom. The highest BCUT2D eigenvalue weighted by Crippen LogP contribution is 2.24. The number of anilines is 4. The molecular weight excluding hydrogens is 342 g/mol. The normalized spacial score (nSPS) is 10.2. The first-order chi connectivity index (χ1) is 12.2. The van der Waals surface area contributed by atoms with Crippen molar-refractivity contribution < 1.29 is 9.53 Å². The third kappa shape index (κ3) is 4.02. The van der Waals surface area contributed by atoms with Crippen LogP contribution in [0.5, 0.6) is 0 Å². The van der Waals surface area contributed by atoms with Gasteiger partial charge in [-0.25, -0.2) is 4.79 Å². The molecule has 0 saturated carbocycles. The number of methoxy groups -OCH3 is 1. The Labute approximate surface area is 149 Å². The second-order valence-corrected chi connectivity index (χ2v) is 5.34. The van der Waals surface area contributed by atoms with Gasteiger partial charge in [0.2, 0.25) is 5.95 Å². The van der Waals surface area contributed by atoms with Crippen LogP contribution < -0.4 is 10.6 Å². The summed E-state index contributed by atoms with van der Waals surface area (Å²) in [5.74, 6) is 0.245. The van der Waals surface area contributed by atoms with Gasteiger partial charge in [0.25, 0.3) is 0 Å². The summed E-state index contributed by atoms with van der Waals surface area (Å²) in [6.07, 6.45) is 1.45. The minimum absolute atomic E-state index is 0.272. The van der Waals surface area contributed by atoms with E-state index in [1.807, 2.05) is 12.1 Å². The molecule has 0 fully saturated rings. The van der Waals surface area contributed by atoms with Crippen LogP contribution in [0.3, 0.4) is 0 Å². The van der Waals surface area contributed by atoms with Crippen molar-refractivity contribution in [2.24, 2.45) is 0 Å². The number of para-hydroxylation sites is 2. The lowest BCUT2D eigenvalue weighted by atomic mass is 10.2. The molecule has 0 bridgehead atoms. The number of halogens is 1. The molecule has 0 atom stereocenters. The van der Waals surface area contributed by atoms with Crippen LogP contribution in [0.25, 0.3) is 0 Å². The zero-order chi connectivity index (χ0) is 17.6. The maximum Gasteiger partial charge on any atom is 0.339 e. The second-order valence-electron chi connectivity index (χ2n) is 4.93. The summed E-state index contributed by atoms with van der Waals surface area (Å²) >= 11 is 6.11. The van der Waals surface area contributed by atoms with Gasteiger partial charge < -0.3 is 15.4 Å². The van der Waals surface area contributed by atoms with Crippen molar-refractivity contribution in [1.29, 1.82) is 0 Å². The minimum atomic E-state index is -0.445. The topological polar surface area (TPSA) is 89.0 Å². The van der Waals surface area contributed by atoms with E-state index in [-0.39, 0.29) is 5.95 Å². The zero-order valence-corrected chi connectivity index (χ0v) is 14.0. The summed E-state index contributed by atoms with van der Waals surface area (Å²) in [6, 6.07) is 14.2. The highest BCUT2D eigenvalue weighted by atomic mass is 35.5. The molecule has 2 aromatic carbocycles. The number of carbonyl (C=O) groups is 1. The van der Waals surface area contributed by atoms with Crippen LogP contribution in [-0.4, -0.2) is 28.3 Å². The molecule has 8 heteroatoms. The summed E-state index contributed by atoms with van der Waals surface area (Å²) in [6.45, 7) is 0. The third-order valence-electron chi connectivity index (χ3n) is 3.27. The van der Waals surface area contributed by atoms with Gasteiger partial charge in [0.05, 0.1) is 35.3 Å². The quantitative estimate of drug-likeness (QED) is 0.673. The molecule has 0 unspecified atom stereocenters. The van der Waals surface area contributed by atoms with Crippen LogP contribution in [0.1, 0.15) is 10.4 Å². The van der Waals surface area contributed by atoms with E-state index in [1.165, 1.54) is 13.3 Å². The number of nitrogens with zero attached hydrogens (tertiary/aromatic N) is 3. The molecule has 25 heavy (non-hydrogen) atoms. The Bertz CT molecular complexity index is 903. The van der Waals surface area contributed by atoms with Gasteiger partial charge >= 0.3 is 5.97 Å². The van der Waals surface area contributed by atoms with Crippen molar-refractivity contribution in [1.82, 2.24) is 15.2 Å². The first-order valence-corrected chi connectivity index (χ1v) is 7.71. The molecule has 0 spiro atoms. The molecule has 3 aromatic rings. The molecule has 2 N–H and O–H groups in total. The largest absolute Gasteiger partial charge is 0.465 e. The highest BCUT2D eigenvalue weighted by molar-refractivity contribution is 6.33. The van der Waals surface area contributed by atoms with Gasteiger partial charge in [0.15, 0.2) is 5.82 Å². The molecule has 0 radical (unpaired) electrons. The maximum atomic E-state index is 11.8. The Hall–Kier alpha value is -3.19. The van der Waals surface area contributed by atoms with Gasteiger partial charge in [-0.1, -0.05) is 35.9 Å². The summed E-state index contributed by atoms with van der Waals surface area (Å²) in [4.78, 5) is 16.2. The average molecular weight is 356 g/mol. The van der Waals surface area contributed by atoms with Crippen molar-refractivity contribution in [2.75, 3.05) is 17.7 Å². The molecule has 1 aromatic heterocycles. The SMILES string of the molecule is COC(=O)c1ccccc1Nc1cnnc(Nc2ccccc2Cl)n1. The van der Waals surface area contributed by atoms with Gasteiger partial charge in [-0.2, -0.15) is 10.1 Å². The van der Waals surface area contributed by atoms with E-state index < -0.39 is 5.97 Å². The fourth-order valence-electron chi connectivity index (χ4n) is 2.12. The number of hydrogen-bond acceptors (Lipinski definition) is 7. The lowest BCUT2D eigenvalue weighted by Gasteiger charge is -2.11. The fraction of sp³-hybridized carbons (Fsp3) is 0.0588. The molecule has 0 aliphatic rings. The van der Waals surface area contributed by atoms with Gasteiger partial charge in [-0.15, -0.1) is 5.10 Å². The van der Waals surface area contributed by atoms with Crippen molar-refractivity contribution in [3.05, 3.63) is 65.3 Å². The summed E-state index contributed by atoms with van der Waals surface area (Å²) in [5, 5.41) is 14.4. The van der Waals surface area contributed by atoms with E-state index in [0.717, 1.165) is 0 Å². The Kier molecular flexibility index (Phi) is 5.06. The average Bonchev–Trinajstić information content (AvgIpc) is 2.64. The van der Waals surface area contributed by atoms with Crippen molar-refractivity contribution in [3.63, 3.8) is 0 Å². The monoisotopic (exact) mass is 355 g/mol. The van der Waals surface area contributed by atoms with Gasteiger partial charge in [0.1, 0.15) is 0 Å². The predicted molar refractivity (Wildman–Crippen MR) is 95.6 cm³/mol. The van der Waals surface area contributed by atoms with Crippen molar-refractivity contribution in [2.45, 2.75) is 0 Å². The third-order valence-corrected chi connectivity index (χ3v) is 3.60. The van der Waals surface area contributed by atoms with Crippen LogP contribution in [-0.2, 0) is 4.74 Å². The number of rotatable bonds is 5. The number of hydrogen-bond donors (Lipinski definition) is 2. The van der Waals surface area contributed by atoms with E-state index in [4.69, 9.17) is 16.3 Å². The number of aromatic nitrogens is 3. The van der Waals surface area contributed by atoms with Gasteiger partial charge in [-0.05, 0) is 24.3 Å². The lowest BCUT2D eigenvalue weighted by Crippen LogP contribution is -2.07. The molecule has 7 nitrogen and oxygen atoms in total. The fourth-order valence-corrected chi connectivity index (χ4v) is 2.30. The number of esters is 1. The Balaban J connectivity index is 1.84. The van der Waals surface area contributed by atoms with Crippen molar-refractivity contribution >= 4 is 40.7 Å². The standard InChI is InChI=1S/C17H14ClN5O2/c1-25-16(24)11-6-2-4-8-13(11)20-15-10-19-23-17(22-15)21-14-9-5-3-7-12(14)18/h2-10H,1H3,(H2,20,21,22,23). The first kappa shape index (κ1) is 16.7. The van der Waals surface area contributed by atoms with Crippen molar-refractivity contribution in [3.8, 4) is 0 Å². The summed E-state index contributed by atoms with van der Waals surface area (Å²) in [7, 11) is 1.33. The minimum Gasteiger partial charge on any atom is -0.465 e. The van der Waals surface area contributed by atoms with Gasteiger partial charge in [-0.3, -0.25) is 0 Å². The molecule has 0 aliphatic heterocycles. The maximum absolute atomic E-state index is 11.8. The van der Waals surface area contributed by atoms with Gasteiger partial charge in [0, 0.05) is 0 Å². The van der Waals surface area contributed by atoms with E-state index in [1.54, 1.807) is 36.4 Å². The molecule has 1 heterocycles. The molecule has 0 aliphatic carbocycles. The molecular formula is C17H14ClN5O2. The molecule has 0 amide bonds. The van der Waals surface area contributed by atoms with Crippen LogP contribution in [0, 0.1) is 0 Å². The summed E-state index contributed by atoms with van der Waals surface area (Å²) in [5.41, 5.74) is 1.61. The van der Waals surface area contributed by atoms with Crippen LogP contribution in [0.2, 0.25) is 5.02 Å². The van der Waals surface area contributed by atoms with Crippen LogP contribution in [0.15, 0.2) is 54.7 Å². The van der Waals surface area contributed by atoms with E-state index in [9.17, 15) is 4.79 Å². The number of carbonyl (C=O) groups excluding carboxylic acids is 1. The number of ether oxygens (including phenoxy) is 1. The highest BCUT2D eigenvalue weighted by Gasteiger charge is 2.12. The smallest absolute Gasteiger partial charge is 0.339 e. The zero-order valence-electron chi connectivity index (χ0n) is 13.2. The lowest BCUT2D eigenvalue weighted by molar-refractivity contribution is 0.0602. The van der Waals surface area contributed by atoms with E-state index in [2.05, 4.69) is 25.8 Å². The predicted octanol–water partition coefficient (Wildman–Crippen LogP) is 3.80. The number of nitrogens with one attached hydrogen (secondary N) is 2. The summed E-state index contributed by atoms with van der Waals surface area (Å²) < 4.78 is 4.78. The Morgan fingerprint density at radius 2 is 1.76 bits per heavy atom.